The van der Waals surface area contributed by atoms with Crippen molar-refractivity contribution in [3.05, 3.63) is 33.9 Å². The zero-order chi connectivity index (χ0) is 21.0. The summed E-state index contributed by atoms with van der Waals surface area (Å²) in [5, 5.41) is 11.4. The molecule has 1 aliphatic heterocycles. The van der Waals surface area contributed by atoms with Gasteiger partial charge in [-0.15, -0.1) is 0 Å². The highest BCUT2D eigenvalue weighted by molar-refractivity contribution is 7.80. The Balaban J connectivity index is 1.64. The van der Waals surface area contributed by atoms with Crippen LogP contribution in [0.2, 0.25) is 0 Å². The molecule has 0 amide bonds. The smallest absolute Gasteiger partial charge is 0.342 e. The van der Waals surface area contributed by atoms with Gasteiger partial charge in [-0.2, -0.15) is 0 Å². The molecule has 0 radical (unpaired) electrons. The molecule has 29 heavy (non-hydrogen) atoms. The fourth-order valence-electron chi connectivity index (χ4n) is 4.13. The number of thiocarbonyl (C=S) groups is 1. The number of hydrogen-bond donors (Lipinski definition) is 1. The largest absolute Gasteiger partial charge is 0.507 e. The van der Waals surface area contributed by atoms with Crippen molar-refractivity contribution in [1.29, 1.82) is 0 Å². The number of fused-ring (bicyclic) bond motifs is 1. The molecule has 0 unspecified atom stereocenters. The van der Waals surface area contributed by atoms with Gasteiger partial charge in [0.1, 0.15) is 23.7 Å². The van der Waals surface area contributed by atoms with Gasteiger partial charge in [0.05, 0.1) is 13.2 Å². The summed E-state index contributed by atoms with van der Waals surface area (Å²) in [4.78, 5) is 12.0. The Bertz CT molecular complexity index is 821. The highest BCUT2D eigenvalue weighted by atomic mass is 32.1. The molecule has 1 aromatic rings. The van der Waals surface area contributed by atoms with Crippen molar-refractivity contribution in [2.45, 2.75) is 77.9 Å². The summed E-state index contributed by atoms with van der Waals surface area (Å²) in [7, 11) is 1.58. The van der Waals surface area contributed by atoms with Crippen LogP contribution in [0, 0.1) is 6.92 Å². The summed E-state index contributed by atoms with van der Waals surface area (Å²) in [6.45, 7) is 4.11. The van der Waals surface area contributed by atoms with Gasteiger partial charge in [-0.25, -0.2) is 4.79 Å². The van der Waals surface area contributed by atoms with Crippen molar-refractivity contribution >= 4 is 23.2 Å². The SMILES string of the molecule is COc1c(C)c2c(c(O)c1C/C=C(\C)CCC(=S)OC1CCCCC1)C(=O)OC2. The van der Waals surface area contributed by atoms with Crippen LogP contribution in [-0.2, 0) is 22.5 Å². The van der Waals surface area contributed by atoms with E-state index < -0.39 is 5.97 Å². The molecule has 1 fully saturated rings. The van der Waals surface area contributed by atoms with E-state index in [1.165, 1.54) is 19.3 Å². The molecule has 5 nitrogen and oxygen atoms in total. The van der Waals surface area contributed by atoms with E-state index in [0.717, 1.165) is 30.4 Å². The van der Waals surface area contributed by atoms with Crippen LogP contribution in [0.3, 0.4) is 0 Å². The lowest BCUT2D eigenvalue weighted by atomic mass is 9.94. The van der Waals surface area contributed by atoms with Crippen molar-refractivity contribution in [1.82, 2.24) is 0 Å². The van der Waals surface area contributed by atoms with Gasteiger partial charge in [-0.05, 0) is 70.2 Å². The Morgan fingerprint density at radius 2 is 2.00 bits per heavy atom. The summed E-state index contributed by atoms with van der Waals surface area (Å²) < 4.78 is 16.6. The number of hydrogen-bond acceptors (Lipinski definition) is 6. The van der Waals surface area contributed by atoms with Crippen molar-refractivity contribution in [3.63, 3.8) is 0 Å². The predicted molar refractivity (Wildman–Crippen MR) is 116 cm³/mol. The van der Waals surface area contributed by atoms with E-state index in [4.69, 9.17) is 26.4 Å². The molecular formula is C23H30O5S. The Labute approximate surface area is 178 Å². The van der Waals surface area contributed by atoms with E-state index in [-0.39, 0.29) is 24.0 Å². The average Bonchev–Trinajstić information content (AvgIpc) is 3.11. The Hall–Kier alpha value is -2.08. The topological polar surface area (TPSA) is 65.0 Å². The molecular weight excluding hydrogens is 388 g/mol. The van der Waals surface area contributed by atoms with E-state index in [2.05, 4.69) is 0 Å². The Morgan fingerprint density at radius 3 is 2.69 bits per heavy atom. The molecule has 2 aliphatic rings. The van der Waals surface area contributed by atoms with Gasteiger partial charge in [0, 0.05) is 17.5 Å². The van der Waals surface area contributed by atoms with Gasteiger partial charge < -0.3 is 19.3 Å². The number of carbonyl (C=O) groups is 1. The third kappa shape index (κ3) is 4.92. The van der Waals surface area contributed by atoms with Gasteiger partial charge in [-0.3, -0.25) is 0 Å². The van der Waals surface area contributed by atoms with Crippen LogP contribution in [0.15, 0.2) is 11.6 Å². The molecule has 1 aromatic carbocycles. The van der Waals surface area contributed by atoms with Crippen LogP contribution in [0.25, 0.3) is 0 Å². The minimum absolute atomic E-state index is 0.0369. The van der Waals surface area contributed by atoms with Crippen molar-refractivity contribution in [3.8, 4) is 11.5 Å². The second-order valence-corrected chi connectivity index (χ2v) is 8.37. The minimum Gasteiger partial charge on any atom is -0.507 e. The fraction of sp³-hybridized carbons (Fsp3) is 0.565. The van der Waals surface area contributed by atoms with Crippen molar-refractivity contribution in [2.24, 2.45) is 0 Å². The summed E-state index contributed by atoms with van der Waals surface area (Å²) in [5.41, 5.74) is 3.59. The number of aromatic hydroxyl groups is 1. The number of phenolic OH excluding ortho intramolecular Hbond substituents is 1. The molecule has 1 N–H and O–H groups in total. The summed E-state index contributed by atoms with van der Waals surface area (Å²) in [6.07, 6.45) is 10.3. The van der Waals surface area contributed by atoms with Gasteiger partial charge >= 0.3 is 5.97 Å². The summed E-state index contributed by atoms with van der Waals surface area (Å²) >= 11 is 5.41. The minimum atomic E-state index is -0.476. The lowest BCUT2D eigenvalue weighted by Crippen LogP contribution is -2.19. The first-order valence-corrected chi connectivity index (χ1v) is 10.8. The molecule has 158 valence electrons. The van der Waals surface area contributed by atoms with Gasteiger partial charge in [0.25, 0.3) is 0 Å². The zero-order valence-corrected chi connectivity index (χ0v) is 18.3. The molecule has 0 bridgehead atoms. The normalized spacial score (nSPS) is 17.1. The number of rotatable bonds is 7. The van der Waals surface area contributed by atoms with Crippen LogP contribution < -0.4 is 4.74 Å². The number of esters is 1. The molecule has 3 rings (SSSR count). The van der Waals surface area contributed by atoms with E-state index in [0.29, 0.717) is 34.8 Å². The number of phenols is 1. The van der Waals surface area contributed by atoms with Crippen LogP contribution in [0.5, 0.6) is 11.5 Å². The molecule has 1 heterocycles. The summed E-state index contributed by atoms with van der Waals surface area (Å²) in [6, 6.07) is 0. The molecule has 6 heteroatoms. The first kappa shape index (κ1) is 21.6. The quantitative estimate of drug-likeness (QED) is 0.367. The Kier molecular flexibility index (Phi) is 7.17. The standard InChI is InChI=1S/C23H30O5S/c1-14(10-12-19(29)28-16-7-5-4-6-8-16)9-11-17-21(24)20-18(13-27-23(20)25)15(2)22(17)26-3/h9,16,24H,4-8,10-13H2,1-3H3/b14-9+. The van der Waals surface area contributed by atoms with Crippen molar-refractivity contribution in [2.75, 3.05) is 7.11 Å². The number of methoxy groups -OCH3 is 1. The third-order valence-corrected chi connectivity index (χ3v) is 6.18. The fourth-order valence-corrected chi connectivity index (χ4v) is 4.37. The van der Waals surface area contributed by atoms with E-state index in [1.54, 1.807) is 7.11 Å². The first-order valence-electron chi connectivity index (χ1n) is 10.4. The first-order chi connectivity index (χ1) is 13.9. The third-order valence-electron chi connectivity index (χ3n) is 5.88. The van der Waals surface area contributed by atoms with Crippen molar-refractivity contribution < 1.29 is 24.1 Å². The summed E-state index contributed by atoms with van der Waals surface area (Å²) in [5.74, 6) is 0.0975. The van der Waals surface area contributed by atoms with Crippen LogP contribution >= 0.6 is 12.2 Å². The second-order valence-electron chi connectivity index (χ2n) is 7.92. The molecule has 1 saturated carbocycles. The van der Waals surface area contributed by atoms with E-state index in [9.17, 15) is 9.90 Å². The van der Waals surface area contributed by atoms with Crippen LogP contribution in [0.1, 0.15) is 78.9 Å². The maximum atomic E-state index is 12.0. The monoisotopic (exact) mass is 418 g/mol. The molecule has 0 aromatic heterocycles. The van der Waals surface area contributed by atoms with Gasteiger partial charge in [0.15, 0.2) is 5.05 Å². The maximum Gasteiger partial charge on any atom is 0.342 e. The average molecular weight is 419 g/mol. The lowest BCUT2D eigenvalue weighted by Gasteiger charge is -2.23. The molecule has 0 atom stereocenters. The highest BCUT2D eigenvalue weighted by Crippen LogP contribution is 2.42. The van der Waals surface area contributed by atoms with E-state index >= 15 is 0 Å². The molecule has 0 saturated heterocycles. The molecule has 1 aliphatic carbocycles. The zero-order valence-electron chi connectivity index (χ0n) is 17.5. The van der Waals surface area contributed by atoms with Gasteiger partial charge in [-0.1, -0.05) is 18.1 Å². The second kappa shape index (κ2) is 9.61. The number of ether oxygens (including phenoxy) is 3. The predicted octanol–water partition coefficient (Wildman–Crippen LogP) is 5.33. The number of carbonyl (C=O) groups excluding carboxylic acids is 1. The number of benzene rings is 1. The van der Waals surface area contributed by atoms with Crippen LogP contribution in [0.4, 0.5) is 0 Å². The lowest BCUT2D eigenvalue weighted by molar-refractivity contribution is 0.0533. The maximum absolute atomic E-state index is 12.0. The van der Waals surface area contributed by atoms with E-state index in [1.807, 2.05) is 19.9 Å². The van der Waals surface area contributed by atoms with Gasteiger partial charge in [0.2, 0.25) is 0 Å². The number of cyclic esters (lactones) is 1. The Morgan fingerprint density at radius 1 is 1.28 bits per heavy atom. The van der Waals surface area contributed by atoms with Crippen LogP contribution in [-0.4, -0.2) is 29.3 Å². The highest BCUT2D eigenvalue weighted by Gasteiger charge is 2.31. The number of allylic oxidation sites excluding steroid dienone is 2. The molecule has 0 spiro atoms.